The summed E-state index contributed by atoms with van der Waals surface area (Å²) in [5, 5.41) is 2.86. The first-order valence-corrected chi connectivity index (χ1v) is 9.79. The standard InChI is InChI=1S/C19H24N2O4S/c1-14-6-4-7-18(15(14)2)21-19(22)16-8-10-17(11-9-16)26(23,24)20-12-5-13-25-3/h4,6-11,20H,5,12-13H2,1-3H3,(H,21,22). The summed E-state index contributed by atoms with van der Waals surface area (Å²) in [6.07, 6.45) is 0.589. The van der Waals surface area contributed by atoms with Gasteiger partial charge in [0.1, 0.15) is 0 Å². The highest BCUT2D eigenvalue weighted by Gasteiger charge is 2.15. The summed E-state index contributed by atoms with van der Waals surface area (Å²) in [5.41, 5.74) is 3.22. The first kappa shape index (κ1) is 20.1. The largest absolute Gasteiger partial charge is 0.385 e. The molecule has 0 aliphatic carbocycles. The van der Waals surface area contributed by atoms with Gasteiger partial charge in [0.25, 0.3) is 5.91 Å². The van der Waals surface area contributed by atoms with Crippen LogP contribution in [0.5, 0.6) is 0 Å². The second-order valence-corrected chi connectivity index (χ2v) is 7.74. The number of methoxy groups -OCH3 is 1. The SMILES string of the molecule is COCCCNS(=O)(=O)c1ccc(C(=O)Nc2cccc(C)c2C)cc1. The number of ether oxygens (including phenoxy) is 1. The zero-order valence-electron chi connectivity index (χ0n) is 15.2. The molecule has 2 aromatic rings. The van der Waals surface area contributed by atoms with Crippen molar-refractivity contribution in [3.8, 4) is 0 Å². The summed E-state index contributed by atoms with van der Waals surface area (Å²) in [6.45, 7) is 4.70. The van der Waals surface area contributed by atoms with Crippen LogP contribution >= 0.6 is 0 Å². The fraction of sp³-hybridized carbons (Fsp3) is 0.316. The van der Waals surface area contributed by atoms with E-state index in [1.165, 1.54) is 24.3 Å². The first-order valence-electron chi connectivity index (χ1n) is 8.31. The van der Waals surface area contributed by atoms with E-state index < -0.39 is 10.0 Å². The van der Waals surface area contributed by atoms with Gasteiger partial charge in [-0.05, 0) is 61.7 Å². The number of rotatable bonds is 8. The maximum Gasteiger partial charge on any atom is 0.255 e. The molecule has 0 saturated carbocycles. The minimum absolute atomic E-state index is 0.123. The number of anilines is 1. The Bertz CT molecular complexity index is 862. The highest BCUT2D eigenvalue weighted by Crippen LogP contribution is 2.19. The second-order valence-electron chi connectivity index (χ2n) is 5.97. The molecule has 0 spiro atoms. The number of benzene rings is 2. The highest BCUT2D eigenvalue weighted by atomic mass is 32.2. The number of carbonyl (C=O) groups is 1. The molecule has 0 atom stereocenters. The van der Waals surface area contributed by atoms with E-state index in [9.17, 15) is 13.2 Å². The first-order chi connectivity index (χ1) is 12.3. The van der Waals surface area contributed by atoms with E-state index in [-0.39, 0.29) is 10.8 Å². The molecule has 2 rings (SSSR count). The maximum atomic E-state index is 12.4. The van der Waals surface area contributed by atoms with Crippen molar-refractivity contribution >= 4 is 21.6 Å². The Labute approximate surface area is 154 Å². The van der Waals surface area contributed by atoms with E-state index in [2.05, 4.69) is 10.0 Å². The lowest BCUT2D eigenvalue weighted by Crippen LogP contribution is -2.25. The van der Waals surface area contributed by atoms with Crippen LogP contribution in [-0.2, 0) is 14.8 Å². The quantitative estimate of drug-likeness (QED) is 0.694. The van der Waals surface area contributed by atoms with E-state index in [1.54, 1.807) is 7.11 Å². The average molecular weight is 376 g/mol. The van der Waals surface area contributed by atoms with Crippen molar-refractivity contribution in [1.29, 1.82) is 0 Å². The van der Waals surface area contributed by atoms with Crippen LogP contribution in [0.2, 0.25) is 0 Å². The van der Waals surface area contributed by atoms with Gasteiger partial charge in [0.15, 0.2) is 0 Å². The Balaban J connectivity index is 2.06. The van der Waals surface area contributed by atoms with Crippen LogP contribution in [0.25, 0.3) is 0 Å². The fourth-order valence-electron chi connectivity index (χ4n) is 2.37. The van der Waals surface area contributed by atoms with Crippen LogP contribution in [0.3, 0.4) is 0 Å². The molecule has 7 heteroatoms. The molecule has 0 aliphatic heterocycles. The van der Waals surface area contributed by atoms with Gasteiger partial charge in [0, 0.05) is 31.5 Å². The Hall–Kier alpha value is -2.22. The number of hydrogen-bond donors (Lipinski definition) is 2. The minimum Gasteiger partial charge on any atom is -0.385 e. The molecular weight excluding hydrogens is 352 g/mol. The van der Waals surface area contributed by atoms with E-state index in [0.29, 0.717) is 25.1 Å². The van der Waals surface area contributed by atoms with Crippen LogP contribution in [0, 0.1) is 13.8 Å². The monoisotopic (exact) mass is 376 g/mol. The van der Waals surface area contributed by atoms with Crippen molar-refractivity contribution in [2.24, 2.45) is 0 Å². The normalized spacial score (nSPS) is 11.3. The van der Waals surface area contributed by atoms with Crippen molar-refractivity contribution in [1.82, 2.24) is 4.72 Å². The summed E-state index contributed by atoms with van der Waals surface area (Å²) in [6, 6.07) is 11.6. The second kappa shape index (κ2) is 8.93. The van der Waals surface area contributed by atoms with Gasteiger partial charge >= 0.3 is 0 Å². The van der Waals surface area contributed by atoms with E-state index in [4.69, 9.17) is 4.74 Å². The molecule has 2 N–H and O–H groups in total. The molecular formula is C19H24N2O4S. The minimum atomic E-state index is -3.59. The summed E-state index contributed by atoms with van der Waals surface area (Å²) in [4.78, 5) is 12.5. The number of amides is 1. The van der Waals surface area contributed by atoms with Crippen molar-refractivity contribution in [2.45, 2.75) is 25.2 Å². The Morgan fingerprint density at radius 3 is 2.42 bits per heavy atom. The summed E-state index contributed by atoms with van der Waals surface area (Å²) >= 11 is 0. The molecule has 2 aromatic carbocycles. The van der Waals surface area contributed by atoms with Crippen LogP contribution in [0.1, 0.15) is 27.9 Å². The van der Waals surface area contributed by atoms with Crippen LogP contribution < -0.4 is 10.0 Å². The van der Waals surface area contributed by atoms with Gasteiger partial charge in [-0.15, -0.1) is 0 Å². The van der Waals surface area contributed by atoms with Gasteiger partial charge < -0.3 is 10.1 Å². The predicted octanol–water partition coefficient (Wildman–Crippen LogP) is 2.87. The third-order valence-corrected chi connectivity index (χ3v) is 5.57. The van der Waals surface area contributed by atoms with Crippen molar-refractivity contribution in [2.75, 3.05) is 25.6 Å². The molecule has 26 heavy (non-hydrogen) atoms. The molecule has 0 aliphatic rings. The van der Waals surface area contributed by atoms with Gasteiger partial charge in [-0.2, -0.15) is 0 Å². The smallest absolute Gasteiger partial charge is 0.255 e. The van der Waals surface area contributed by atoms with E-state index in [1.807, 2.05) is 32.0 Å². The molecule has 0 unspecified atom stereocenters. The highest BCUT2D eigenvalue weighted by molar-refractivity contribution is 7.89. The van der Waals surface area contributed by atoms with Gasteiger partial charge in [-0.25, -0.2) is 13.1 Å². The molecule has 140 valence electrons. The Morgan fingerprint density at radius 2 is 1.77 bits per heavy atom. The zero-order valence-corrected chi connectivity index (χ0v) is 16.0. The predicted molar refractivity (Wildman–Crippen MR) is 102 cm³/mol. The van der Waals surface area contributed by atoms with E-state index in [0.717, 1.165) is 16.8 Å². The van der Waals surface area contributed by atoms with Gasteiger partial charge in [-0.1, -0.05) is 12.1 Å². The van der Waals surface area contributed by atoms with Crippen LogP contribution in [0.15, 0.2) is 47.4 Å². The Morgan fingerprint density at radius 1 is 1.08 bits per heavy atom. The molecule has 0 radical (unpaired) electrons. The molecule has 0 bridgehead atoms. The van der Waals surface area contributed by atoms with Crippen LogP contribution in [-0.4, -0.2) is 34.6 Å². The number of carbonyl (C=O) groups excluding carboxylic acids is 1. The Kier molecular flexibility index (Phi) is 6.90. The molecule has 0 fully saturated rings. The topological polar surface area (TPSA) is 84.5 Å². The zero-order chi connectivity index (χ0) is 19.2. The number of aryl methyl sites for hydroxylation is 1. The average Bonchev–Trinajstić information content (AvgIpc) is 2.63. The maximum absolute atomic E-state index is 12.4. The molecule has 1 amide bonds. The van der Waals surface area contributed by atoms with Gasteiger partial charge in [-0.3, -0.25) is 4.79 Å². The van der Waals surface area contributed by atoms with Crippen LogP contribution in [0.4, 0.5) is 5.69 Å². The van der Waals surface area contributed by atoms with E-state index >= 15 is 0 Å². The van der Waals surface area contributed by atoms with Gasteiger partial charge in [0.05, 0.1) is 4.90 Å². The van der Waals surface area contributed by atoms with Gasteiger partial charge in [0.2, 0.25) is 10.0 Å². The number of nitrogens with one attached hydrogen (secondary N) is 2. The molecule has 6 nitrogen and oxygen atoms in total. The third-order valence-electron chi connectivity index (χ3n) is 4.10. The molecule has 0 saturated heterocycles. The van der Waals surface area contributed by atoms with Crippen molar-refractivity contribution < 1.29 is 17.9 Å². The lowest BCUT2D eigenvalue weighted by Gasteiger charge is -2.11. The molecule has 0 aromatic heterocycles. The lowest BCUT2D eigenvalue weighted by molar-refractivity contribution is 0.102. The van der Waals surface area contributed by atoms with Crippen molar-refractivity contribution in [3.63, 3.8) is 0 Å². The molecule has 0 heterocycles. The third kappa shape index (κ3) is 5.14. The number of hydrogen-bond acceptors (Lipinski definition) is 4. The number of sulfonamides is 1. The summed E-state index contributed by atoms with van der Waals surface area (Å²) in [5.74, 6) is -0.282. The van der Waals surface area contributed by atoms with Crippen molar-refractivity contribution in [3.05, 3.63) is 59.2 Å². The lowest BCUT2D eigenvalue weighted by atomic mass is 10.1. The summed E-state index contributed by atoms with van der Waals surface area (Å²) < 4.78 is 31.8. The summed E-state index contributed by atoms with van der Waals surface area (Å²) in [7, 11) is -2.03. The fourth-order valence-corrected chi connectivity index (χ4v) is 3.45.